The molecule has 0 aliphatic rings. The summed E-state index contributed by atoms with van der Waals surface area (Å²) in [6.07, 6.45) is 6.39. The van der Waals surface area contributed by atoms with Crippen LogP contribution >= 0.6 is 0 Å². The van der Waals surface area contributed by atoms with Gasteiger partial charge >= 0.3 is 0 Å². The number of aromatic nitrogens is 2. The van der Waals surface area contributed by atoms with Gasteiger partial charge in [-0.1, -0.05) is 19.8 Å². The molecule has 0 saturated heterocycles. The van der Waals surface area contributed by atoms with Crippen molar-refractivity contribution in [3.8, 4) is 5.75 Å². The highest BCUT2D eigenvalue weighted by Gasteiger charge is 2.07. The lowest BCUT2D eigenvalue weighted by Crippen LogP contribution is -2.25. The monoisotopic (exact) mass is 342 g/mol. The van der Waals surface area contributed by atoms with Crippen LogP contribution in [-0.2, 0) is 0 Å². The first-order valence-corrected chi connectivity index (χ1v) is 8.72. The largest absolute Gasteiger partial charge is 0.491 e. The van der Waals surface area contributed by atoms with Gasteiger partial charge in [0.25, 0.3) is 5.91 Å². The number of ether oxygens (including phenoxy) is 1. The first kappa shape index (κ1) is 18.7. The maximum absolute atomic E-state index is 12.0. The van der Waals surface area contributed by atoms with E-state index < -0.39 is 0 Å². The molecule has 6 nitrogen and oxygen atoms in total. The summed E-state index contributed by atoms with van der Waals surface area (Å²) < 4.78 is 5.61. The molecule has 0 aliphatic carbocycles. The van der Waals surface area contributed by atoms with Crippen LogP contribution in [0.25, 0.3) is 0 Å². The summed E-state index contributed by atoms with van der Waals surface area (Å²) in [6, 6.07) is 7.61. The van der Waals surface area contributed by atoms with Crippen molar-refractivity contribution in [2.75, 3.05) is 11.9 Å². The number of hydrogen-bond acceptors (Lipinski definition) is 5. The molecule has 25 heavy (non-hydrogen) atoms. The Morgan fingerprint density at radius 2 is 1.88 bits per heavy atom. The van der Waals surface area contributed by atoms with Gasteiger partial charge in [0.15, 0.2) is 0 Å². The van der Waals surface area contributed by atoms with Crippen molar-refractivity contribution in [1.29, 1.82) is 0 Å². The minimum atomic E-state index is -0.189. The molecule has 2 rings (SSSR count). The number of hydrogen-bond donors (Lipinski definition) is 2. The predicted octanol–water partition coefficient (Wildman–Crippen LogP) is 3.93. The van der Waals surface area contributed by atoms with Gasteiger partial charge < -0.3 is 15.4 Å². The van der Waals surface area contributed by atoms with E-state index in [4.69, 9.17) is 4.74 Å². The quantitative estimate of drug-likeness (QED) is 0.675. The molecule has 0 saturated carbocycles. The second-order valence-electron chi connectivity index (χ2n) is 6.07. The summed E-state index contributed by atoms with van der Waals surface area (Å²) >= 11 is 0. The first-order chi connectivity index (χ1) is 12.1. The fourth-order valence-corrected chi connectivity index (χ4v) is 2.21. The van der Waals surface area contributed by atoms with E-state index in [9.17, 15) is 4.79 Å². The van der Waals surface area contributed by atoms with Crippen molar-refractivity contribution in [3.63, 3.8) is 0 Å². The number of benzene rings is 1. The summed E-state index contributed by atoms with van der Waals surface area (Å²) in [5.74, 6) is 1.21. The summed E-state index contributed by atoms with van der Waals surface area (Å²) in [7, 11) is 0. The number of carbonyl (C=O) groups is 1. The van der Waals surface area contributed by atoms with Crippen molar-refractivity contribution >= 4 is 17.4 Å². The van der Waals surface area contributed by atoms with Crippen LogP contribution in [-0.4, -0.2) is 28.5 Å². The maximum atomic E-state index is 12.0. The van der Waals surface area contributed by atoms with Crippen molar-refractivity contribution in [2.45, 2.75) is 46.1 Å². The molecule has 1 amide bonds. The first-order valence-electron chi connectivity index (χ1n) is 8.72. The molecule has 0 bridgehead atoms. The summed E-state index contributed by atoms with van der Waals surface area (Å²) in [5.41, 5.74) is 1.20. The number of unbranched alkanes of at least 4 members (excludes halogenated alkanes) is 2. The van der Waals surface area contributed by atoms with Crippen LogP contribution in [0.4, 0.5) is 11.5 Å². The zero-order valence-electron chi connectivity index (χ0n) is 15.1. The molecule has 0 fully saturated rings. The molecule has 6 heteroatoms. The lowest BCUT2D eigenvalue weighted by Gasteiger charge is -2.11. The molecule has 1 heterocycles. The van der Waals surface area contributed by atoms with Gasteiger partial charge in [0.1, 0.15) is 17.3 Å². The van der Waals surface area contributed by atoms with E-state index in [2.05, 4.69) is 27.5 Å². The number of rotatable bonds is 9. The smallest absolute Gasteiger partial charge is 0.271 e. The van der Waals surface area contributed by atoms with Gasteiger partial charge in [0, 0.05) is 12.2 Å². The van der Waals surface area contributed by atoms with Crippen LogP contribution in [0.1, 0.15) is 50.5 Å². The molecule has 2 N–H and O–H groups in total. The third kappa shape index (κ3) is 6.41. The molecule has 0 unspecified atom stereocenters. The fraction of sp³-hybridized carbons (Fsp3) is 0.421. The Kier molecular flexibility index (Phi) is 7.19. The van der Waals surface area contributed by atoms with Crippen molar-refractivity contribution < 1.29 is 9.53 Å². The summed E-state index contributed by atoms with van der Waals surface area (Å²) in [6.45, 7) is 6.77. The van der Waals surface area contributed by atoms with E-state index in [0.717, 1.165) is 30.7 Å². The van der Waals surface area contributed by atoms with Crippen LogP contribution in [0.5, 0.6) is 5.75 Å². The number of nitrogens with one attached hydrogen (secondary N) is 2. The molecule has 0 radical (unpaired) electrons. The maximum Gasteiger partial charge on any atom is 0.271 e. The van der Waals surface area contributed by atoms with Gasteiger partial charge in [-0.25, -0.2) is 9.97 Å². The van der Waals surface area contributed by atoms with Gasteiger partial charge in [0.2, 0.25) is 0 Å². The van der Waals surface area contributed by atoms with E-state index in [1.807, 2.05) is 38.1 Å². The predicted molar refractivity (Wildman–Crippen MR) is 99.4 cm³/mol. The molecular weight excluding hydrogens is 316 g/mol. The molecule has 1 aromatic carbocycles. The molecule has 2 aromatic rings. The Morgan fingerprint density at radius 3 is 2.48 bits per heavy atom. The van der Waals surface area contributed by atoms with Crippen LogP contribution in [0.3, 0.4) is 0 Å². The lowest BCUT2D eigenvalue weighted by atomic mass is 10.2. The topological polar surface area (TPSA) is 76.1 Å². The normalized spacial score (nSPS) is 10.6. The van der Waals surface area contributed by atoms with Crippen molar-refractivity contribution in [3.05, 3.63) is 42.4 Å². The van der Waals surface area contributed by atoms with Gasteiger partial charge in [-0.2, -0.15) is 0 Å². The Hall–Kier alpha value is -2.63. The SMILES string of the molecule is CCCCCNC(=O)c1cnc(Nc2ccc(OC(C)C)cc2)cn1. The third-order valence-electron chi connectivity index (χ3n) is 3.45. The third-order valence-corrected chi connectivity index (χ3v) is 3.45. The highest BCUT2D eigenvalue weighted by Crippen LogP contribution is 2.19. The lowest BCUT2D eigenvalue weighted by molar-refractivity contribution is 0.0947. The van der Waals surface area contributed by atoms with E-state index >= 15 is 0 Å². The number of anilines is 2. The summed E-state index contributed by atoms with van der Waals surface area (Å²) in [5, 5.41) is 6.00. The van der Waals surface area contributed by atoms with Crippen LogP contribution in [0.15, 0.2) is 36.7 Å². The van der Waals surface area contributed by atoms with Crippen molar-refractivity contribution in [1.82, 2.24) is 15.3 Å². The number of nitrogens with zero attached hydrogens (tertiary/aromatic N) is 2. The molecule has 134 valence electrons. The Morgan fingerprint density at radius 1 is 1.12 bits per heavy atom. The van der Waals surface area contributed by atoms with Crippen LogP contribution in [0.2, 0.25) is 0 Å². The number of amides is 1. The molecule has 1 aromatic heterocycles. The van der Waals surface area contributed by atoms with Crippen LogP contribution < -0.4 is 15.4 Å². The fourth-order valence-electron chi connectivity index (χ4n) is 2.21. The van der Waals surface area contributed by atoms with Crippen molar-refractivity contribution in [2.24, 2.45) is 0 Å². The van der Waals surface area contributed by atoms with Gasteiger partial charge in [-0.05, 0) is 44.5 Å². The van der Waals surface area contributed by atoms with E-state index in [-0.39, 0.29) is 12.0 Å². The highest BCUT2D eigenvalue weighted by atomic mass is 16.5. The van der Waals surface area contributed by atoms with Gasteiger partial charge in [-0.15, -0.1) is 0 Å². The molecule has 0 spiro atoms. The van der Waals surface area contributed by atoms with Gasteiger partial charge in [0.05, 0.1) is 18.5 Å². The zero-order valence-corrected chi connectivity index (χ0v) is 15.1. The Balaban J connectivity index is 1.88. The van der Waals surface area contributed by atoms with E-state index in [1.165, 1.54) is 6.20 Å². The highest BCUT2D eigenvalue weighted by molar-refractivity contribution is 5.92. The molecular formula is C19H26N4O2. The minimum absolute atomic E-state index is 0.144. The van der Waals surface area contributed by atoms with E-state index in [1.54, 1.807) is 6.20 Å². The average Bonchev–Trinajstić information content (AvgIpc) is 2.60. The standard InChI is InChI=1S/C19H26N4O2/c1-4-5-6-11-20-19(24)17-12-22-18(13-21-17)23-15-7-9-16(10-8-15)25-14(2)3/h7-10,12-14H,4-6,11H2,1-3H3,(H,20,24)(H,22,23). The second kappa shape index (κ2) is 9.61. The second-order valence-corrected chi connectivity index (χ2v) is 6.07. The van der Waals surface area contributed by atoms with Crippen LogP contribution in [0, 0.1) is 0 Å². The average molecular weight is 342 g/mol. The van der Waals surface area contributed by atoms with Gasteiger partial charge in [-0.3, -0.25) is 4.79 Å². The Labute approximate surface area is 149 Å². The zero-order chi connectivity index (χ0) is 18.1. The molecule has 0 aliphatic heterocycles. The number of carbonyl (C=O) groups excluding carboxylic acids is 1. The molecule has 0 atom stereocenters. The Bertz CT molecular complexity index is 654. The minimum Gasteiger partial charge on any atom is -0.491 e. The summed E-state index contributed by atoms with van der Waals surface area (Å²) in [4.78, 5) is 20.4. The van der Waals surface area contributed by atoms with E-state index in [0.29, 0.717) is 18.1 Å².